The number of hydrogen-bond donors (Lipinski definition) is 6. The second-order valence-corrected chi connectivity index (χ2v) is 6.77. The van der Waals surface area contributed by atoms with E-state index in [-0.39, 0.29) is 12.5 Å². The summed E-state index contributed by atoms with van der Waals surface area (Å²) >= 11 is 0. The fraction of sp³-hybridized carbons (Fsp3) is 0.286. The van der Waals surface area contributed by atoms with E-state index in [1.54, 1.807) is 12.3 Å². The number of amidine groups is 1. The van der Waals surface area contributed by atoms with Gasteiger partial charge in [0.2, 0.25) is 0 Å². The van der Waals surface area contributed by atoms with Crippen LogP contribution >= 0.6 is 0 Å². The van der Waals surface area contributed by atoms with Crippen LogP contribution in [0.1, 0.15) is 20.3 Å². The molecule has 0 atom stereocenters. The molecule has 0 unspecified atom stereocenters. The van der Waals surface area contributed by atoms with Crippen LogP contribution in [0.3, 0.4) is 0 Å². The lowest BCUT2D eigenvalue weighted by Gasteiger charge is -2.23. The number of nitrogens with one attached hydrogen (secondary N) is 3. The van der Waals surface area contributed by atoms with Crippen LogP contribution in [-0.4, -0.2) is 36.5 Å². The zero-order chi connectivity index (χ0) is 21.2. The summed E-state index contributed by atoms with van der Waals surface area (Å²) in [7, 11) is 0. The number of fused-ring (bicyclic) bond motifs is 1. The van der Waals surface area contributed by atoms with E-state index in [9.17, 15) is 0 Å². The molecule has 0 amide bonds. The van der Waals surface area contributed by atoms with Gasteiger partial charge in [-0.3, -0.25) is 4.99 Å². The van der Waals surface area contributed by atoms with Crippen molar-refractivity contribution in [2.75, 3.05) is 13.2 Å². The van der Waals surface area contributed by atoms with E-state index >= 15 is 0 Å². The molecule has 0 radical (unpaired) electrons. The highest BCUT2D eigenvalue weighted by molar-refractivity contribution is 5.97. The van der Waals surface area contributed by atoms with Crippen molar-refractivity contribution in [3.8, 4) is 0 Å². The molecule has 0 bridgehead atoms. The van der Waals surface area contributed by atoms with Crippen molar-refractivity contribution in [2.24, 2.45) is 27.4 Å². The molecule has 0 aromatic carbocycles. The minimum absolute atomic E-state index is 0.109. The molecule has 0 aromatic heterocycles. The molecule has 0 aliphatic carbocycles. The van der Waals surface area contributed by atoms with Gasteiger partial charge in [0.25, 0.3) is 0 Å². The van der Waals surface area contributed by atoms with Crippen molar-refractivity contribution in [3.63, 3.8) is 0 Å². The fourth-order valence-electron chi connectivity index (χ4n) is 2.58. The van der Waals surface area contributed by atoms with Crippen molar-refractivity contribution in [2.45, 2.75) is 20.3 Å². The molecule has 8 heteroatoms. The second kappa shape index (κ2) is 10.8. The molecule has 0 saturated carbocycles. The zero-order valence-electron chi connectivity index (χ0n) is 16.8. The molecule has 2 rings (SSSR count). The van der Waals surface area contributed by atoms with Crippen LogP contribution in [-0.2, 0) is 0 Å². The van der Waals surface area contributed by atoms with Crippen LogP contribution in [0.4, 0.5) is 0 Å². The fourth-order valence-corrected chi connectivity index (χ4v) is 2.58. The standard InChI is InChI=1S/C21H29N7O/c1-14(2)15(10-22)9-20(24)28-21-5-4-18-19(27-21)8-16(13-26-18)17(11-23)12-25-6-3-7-29/h4-5,8-14,22,26-27,29H,3,6-7,23H2,1-2H3,(H2,24,28). The van der Waals surface area contributed by atoms with Gasteiger partial charge in [-0.05, 0) is 42.2 Å². The smallest absolute Gasteiger partial charge is 0.132 e. The summed E-state index contributed by atoms with van der Waals surface area (Å²) < 4.78 is 0. The molecular formula is C21H29N7O. The summed E-state index contributed by atoms with van der Waals surface area (Å²) in [5.41, 5.74) is 15.9. The molecule has 29 heavy (non-hydrogen) atoms. The highest BCUT2D eigenvalue weighted by Crippen LogP contribution is 2.22. The van der Waals surface area contributed by atoms with Gasteiger partial charge in [0.05, 0.1) is 11.4 Å². The van der Waals surface area contributed by atoms with Gasteiger partial charge >= 0.3 is 0 Å². The average molecular weight is 396 g/mol. The summed E-state index contributed by atoms with van der Waals surface area (Å²) in [6, 6.07) is 0. The summed E-state index contributed by atoms with van der Waals surface area (Å²) in [6.07, 6.45) is 14.3. The van der Waals surface area contributed by atoms with E-state index in [4.69, 9.17) is 22.0 Å². The van der Waals surface area contributed by atoms with E-state index in [1.807, 2.05) is 38.3 Å². The quantitative estimate of drug-likeness (QED) is 0.199. The van der Waals surface area contributed by atoms with E-state index in [1.165, 1.54) is 12.4 Å². The lowest BCUT2D eigenvalue weighted by Crippen LogP contribution is -2.27. The monoisotopic (exact) mass is 395 g/mol. The molecule has 0 fully saturated rings. The number of allylic oxidation sites excluding steroid dienone is 6. The van der Waals surface area contributed by atoms with Crippen LogP contribution in [0, 0.1) is 11.3 Å². The Morgan fingerprint density at radius 1 is 1.31 bits per heavy atom. The molecule has 2 heterocycles. The van der Waals surface area contributed by atoms with E-state index in [2.05, 4.69) is 20.6 Å². The molecule has 2 aliphatic rings. The predicted molar refractivity (Wildman–Crippen MR) is 119 cm³/mol. The molecular weight excluding hydrogens is 366 g/mol. The Hall–Kier alpha value is -3.39. The first kappa shape index (κ1) is 21.9. The maximum absolute atomic E-state index is 8.85. The molecule has 0 spiro atoms. The van der Waals surface area contributed by atoms with Gasteiger partial charge in [0, 0.05) is 49.1 Å². The molecule has 0 aromatic rings. The Morgan fingerprint density at radius 2 is 2.10 bits per heavy atom. The number of hydrogen-bond acceptors (Lipinski definition) is 7. The van der Waals surface area contributed by atoms with Crippen LogP contribution in [0.15, 0.2) is 80.6 Å². The first-order valence-electron chi connectivity index (χ1n) is 9.45. The van der Waals surface area contributed by atoms with Gasteiger partial charge < -0.3 is 32.6 Å². The number of aliphatic hydroxyl groups excluding tert-OH is 1. The number of aliphatic imine (C=N–C) groups is 2. The third kappa shape index (κ3) is 6.32. The van der Waals surface area contributed by atoms with Gasteiger partial charge in [0.1, 0.15) is 11.7 Å². The Labute approximate surface area is 171 Å². The highest BCUT2D eigenvalue weighted by Gasteiger charge is 2.16. The number of aliphatic hydroxyl groups is 1. The average Bonchev–Trinajstić information content (AvgIpc) is 2.71. The van der Waals surface area contributed by atoms with Crippen LogP contribution < -0.4 is 22.1 Å². The molecule has 8 N–H and O–H groups in total. The normalized spacial score (nSPS) is 17.7. The Kier molecular flexibility index (Phi) is 8.17. The predicted octanol–water partition coefficient (Wildman–Crippen LogP) is 1.57. The van der Waals surface area contributed by atoms with Crippen molar-refractivity contribution in [3.05, 3.63) is 70.6 Å². The molecule has 0 saturated heterocycles. The molecule has 154 valence electrons. The van der Waals surface area contributed by atoms with Gasteiger partial charge in [-0.2, -0.15) is 0 Å². The molecule has 8 nitrogen and oxygen atoms in total. The minimum atomic E-state index is 0.109. The zero-order valence-corrected chi connectivity index (χ0v) is 16.8. The maximum Gasteiger partial charge on any atom is 0.132 e. The number of nitrogens with zero attached hydrogens (tertiary/aromatic N) is 2. The van der Waals surface area contributed by atoms with E-state index < -0.39 is 0 Å². The largest absolute Gasteiger partial charge is 0.404 e. The van der Waals surface area contributed by atoms with Gasteiger partial charge in [-0.15, -0.1) is 0 Å². The van der Waals surface area contributed by atoms with Crippen molar-refractivity contribution < 1.29 is 5.11 Å². The SMILES string of the molecule is CC(C)C(C=N)=CC(N)=NC1=CC=C2NC=C(C(C=NCCCO)=CN)C=C2N1. The van der Waals surface area contributed by atoms with E-state index in [0.29, 0.717) is 24.6 Å². The summed E-state index contributed by atoms with van der Waals surface area (Å²) in [6.45, 7) is 4.65. The second-order valence-electron chi connectivity index (χ2n) is 6.77. The number of dihydropyridines is 2. The third-order valence-corrected chi connectivity index (χ3v) is 4.23. The van der Waals surface area contributed by atoms with Crippen LogP contribution in [0.5, 0.6) is 0 Å². The summed E-state index contributed by atoms with van der Waals surface area (Å²) in [4.78, 5) is 8.67. The topological polar surface area (TPSA) is 145 Å². The Balaban J connectivity index is 2.16. The van der Waals surface area contributed by atoms with Crippen molar-refractivity contribution in [1.82, 2.24) is 10.6 Å². The maximum atomic E-state index is 8.85. The van der Waals surface area contributed by atoms with Crippen LogP contribution in [0.2, 0.25) is 0 Å². The van der Waals surface area contributed by atoms with Gasteiger partial charge in [-0.25, -0.2) is 4.99 Å². The lowest BCUT2D eigenvalue weighted by atomic mass is 10.0. The summed E-state index contributed by atoms with van der Waals surface area (Å²) in [5, 5.41) is 22.8. The van der Waals surface area contributed by atoms with Crippen molar-refractivity contribution >= 4 is 18.3 Å². The first-order valence-corrected chi connectivity index (χ1v) is 9.45. The van der Waals surface area contributed by atoms with Crippen LogP contribution in [0.25, 0.3) is 0 Å². The first-order chi connectivity index (χ1) is 14.0. The third-order valence-electron chi connectivity index (χ3n) is 4.23. The van der Waals surface area contributed by atoms with Crippen molar-refractivity contribution in [1.29, 1.82) is 5.41 Å². The summed E-state index contributed by atoms with van der Waals surface area (Å²) in [5.74, 6) is 1.12. The minimum Gasteiger partial charge on any atom is -0.404 e. The van der Waals surface area contributed by atoms with E-state index in [0.717, 1.165) is 28.1 Å². The number of nitrogens with two attached hydrogens (primary N) is 2. The van der Waals surface area contributed by atoms with Gasteiger partial charge in [0.15, 0.2) is 0 Å². The number of rotatable bonds is 9. The Bertz CT molecular complexity index is 867. The van der Waals surface area contributed by atoms with Gasteiger partial charge in [-0.1, -0.05) is 13.8 Å². The highest BCUT2D eigenvalue weighted by atomic mass is 16.3. The molecule has 2 aliphatic heterocycles. The Morgan fingerprint density at radius 3 is 2.76 bits per heavy atom. The lowest BCUT2D eigenvalue weighted by molar-refractivity contribution is 0.291.